The van der Waals surface area contributed by atoms with Crippen LogP contribution >= 0.6 is 31.9 Å². The first kappa shape index (κ1) is 17.7. The molecule has 1 aromatic carbocycles. The molecule has 2 unspecified atom stereocenters. The number of hydrogen-bond donors (Lipinski definition) is 1. The molecule has 1 aromatic rings. The highest BCUT2D eigenvalue weighted by Gasteiger charge is 2.37. The Morgan fingerprint density at radius 2 is 1.84 bits per heavy atom. The third kappa shape index (κ3) is 2.99. The van der Waals surface area contributed by atoms with Crippen LogP contribution in [0.5, 0.6) is 5.75 Å². The number of hydrogen-bond acceptors (Lipinski definition) is 2. The lowest BCUT2D eigenvalue weighted by Crippen LogP contribution is -2.25. The number of ether oxygens (including phenoxy) is 1. The monoisotopic (exact) mass is 466 g/mol. The van der Waals surface area contributed by atoms with E-state index in [1.807, 2.05) is 0 Å². The van der Waals surface area contributed by atoms with E-state index in [0.717, 1.165) is 33.1 Å². The maximum Gasteiger partial charge on any atom is 0.137 e. The minimum Gasteiger partial charge on any atom is -0.506 e. The van der Waals surface area contributed by atoms with Crippen molar-refractivity contribution in [3.8, 4) is 5.75 Å². The zero-order valence-electron chi connectivity index (χ0n) is 14.6. The van der Waals surface area contributed by atoms with E-state index < -0.39 is 0 Å². The molecule has 0 saturated heterocycles. The number of phenols is 1. The molecule has 4 heteroatoms. The molecule has 1 N–H and O–H groups in total. The van der Waals surface area contributed by atoms with Gasteiger partial charge in [-0.3, -0.25) is 0 Å². The molecular formula is C21H24Br2O2. The number of halogens is 2. The van der Waals surface area contributed by atoms with Crippen molar-refractivity contribution < 1.29 is 9.84 Å². The molecule has 3 aliphatic rings. The van der Waals surface area contributed by atoms with Crippen LogP contribution in [0.3, 0.4) is 0 Å². The van der Waals surface area contributed by atoms with Crippen LogP contribution in [0.4, 0.5) is 0 Å². The third-order valence-electron chi connectivity index (χ3n) is 6.06. The van der Waals surface area contributed by atoms with Gasteiger partial charge in [0.2, 0.25) is 0 Å². The van der Waals surface area contributed by atoms with Crippen LogP contribution in [-0.2, 0) is 17.6 Å². The molecule has 134 valence electrons. The summed E-state index contributed by atoms with van der Waals surface area (Å²) in [7, 11) is 1.75. The maximum atomic E-state index is 11.0. The van der Waals surface area contributed by atoms with Crippen molar-refractivity contribution in [2.45, 2.75) is 51.4 Å². The van der Waals surface area contributed by atoms with Crippen molar-refractivity contribution in [1.82, 2.24) is 0 Å². The Bertz CT molecular complexity index is 764. The summed E-state index contributed by atoms with van der Waals surface area (Å²) in [6, 6.07) is 2.12. The molecule has 3 aliphatic carbocycles. The predicted molar refractivity (Wildman–Crippen MR) is 109 cm³/mol. The molecule has 0 amide bonds. The number of aryl methyl sites for hydroxylation is 1. The average Bonchev–Trinajstić information content (AvgIpc) is 2.62. The van der Waals surface area contributed by atoms with E-state index in [2.05, 4.69) is 44.0 Å². The summed E-state index contributed by atoms with van der Waals surface area (Å²) in [5.74, 6) is 2.27. The average molecular weight is 468 g/mol. The highest BCUT2D eigenvalue weighted by atomic mass is 79.9. The second kappa shape index (κ2) is 7.11. The van der Waals surface area contributed by atoms with Gasteiger partial charge in [-0.2, -0.15) is 0 Å². The van der Waals surface area contributed by atoms with Gasteiger partial charge in [0.05, 0.1) is 16.1 Å². The van der Waals surface area contributed by atoms with Gasteiger partial charge in [-0.15, -0.1) is 0 Å². The number of rotatable bonds is 2. The normalized spacial score (nSPS) is 26.0. The van der Waals surface area contributed by atoms with Crippen molar-refractivity contribution in [3.63, 3.8) is 0 Å². The molecule has 0 heterocycles. The first-order chi connectivity index (χ1) is 12.1. The fourth-order valence-electron chi connectivity index (χ4n) is 4.93. The van der Waals surface area contributed by atoms with Gasteiger partial charge in [0.1, 0.15) is 11.5 Å². The molecule has 1 saturated carbocycles. The van der Waals surface area contributed by atoms with Crippen LogP contribution in [0.25, 0.3) is 5.57 Å². The Morgan fingerprint density at radius 3 is 2.64 bits per heavy atom. The number of fused-ring (bicyclic) bond motifs is 2. The van der Waals surface area contributed by atoms with Crippen molar-refractivity contribution in [2.24, 2.45) is 11.8 Å². The van der Waals surface area contributed by atoms with E-state index >= 15 is 0 Å². The second-order valence-electron chi connectivity index (χ2n) is 7.44. The fourth-order valence-corrected chi connectivity index (χ4v) is 6.12. The second-order valence-corrected chi connectivity index (χ2v) is 9.15. The summed E-state index contributed by atoms with van der Waals surface area (Å²) in [5, 5.41) is 11.0. The third-order valence-corrected chi connectivity index (χ3v) is 7.29. The summed E-state index contributed by atoms with van der Waals surface area (Å²) >= 11 is 7.34. The van der Waals surface area contributed by atoms with Crippen molar-refractivity contribution in [1.29, 1.82) is 0 Å². The minimum absolute atomic E-state index is 0.386. The molecule has 0 aliphatic heterocycles. The van der Waals surface area contributed by atoms with E-state index in [9.17, 15) is 5.11 Å². The molecule has 2 atom stereocenters. The van der Waals surface area contributed by atoms with Gasteiger partial charge in [0.15, 0.2) is 0 Å². The molecular weight excluding hydrogens is 444 g/mol. The molecule has 2 nitrogen and oxygen atoms in total. The Morgan fingerprint density at radius 1 is 1.08 bits per heavy atom. The molecule has 0 spiro atoms. The van der Waals surface area contributed by atoms with Crippen molar-refractivity contribution in [3.05, 3.63) is 43.5 Å². The fraction of sp³-hybridized carbons (Fsp3) is 0.524. The highest BCUT2D eigenvalue weighted by molar-refractivity contribution is 9.12. The zero-order valence-corrected chi connectivity index (χ0v) is 17.7. The number of aromatic hydroxyl groups is 1. The number of allylic oxidation sites excluding steroid dienone is 3. The molecule has 0 radical (unpaired) electrons. The summed E-state index contributed by atoms with van der Waals surface area (Å²) in [5.41, 5.74) is 4.98. The largest absolute Gasteiger partial charge is 0.506 e. The molecule has 25 heavy (non-hydrogen) atoms. The van der Waals surface area contributed by atoms with Gasteiger partial charge < -0.3 is 9.84 Å². The van der Waals surface area contributed by atoms with E-state index in [-0.39, 0.29) is 0 Å². The quantitative estimate of drug-likeness (QED) is 0.538. The van der Waals surface area contributed by atoms with Crippen LogP contribution < -0.4 is 0 Å². The highest BCUT2D eigenvalue weighted by Crippen LogP contribution is 2.52. The van der Waals surface area contributed by atoms with Gasteiger partial charge >= 0.3 is 0 Å². The summed E-state index contributed by atoms with van der Waals surface area (Å²) < 4.78 is 7.69. The van der Waals surface area contributed by atoms with Gasteiger partial charge in [-0.05, 0) is 99.4 Å². The van der Waals surface area contributed by atoms with Crippen LogP contribution in [0.15, 0.2) is 26.9 Å². The smallest absolute Gasteiger partial charge is 0.137 e. The molecule has 0 aromatic heterocycles. The Balaban J connectivity index is 1.97. The van der Waals surface area contributed by atoms with Gasteiger partial charge in [-0.25, -0.2) is 0 Å². The maximum absolute atomic E-state index is 11.0. The van der Waals surface area contributed by atoms with E-state index in [1.165, 1.54) is 55.2 Å². The molecule has 0 bridgehead atoms. The zero-order chi connectivity index (χ0) is 17.6. The van der Waals surface area contributed by atoms with Crippen LogP contribution in [0, 0.1) is 11.8 Å². The van der Waals surface area contributed by atoms with Gasteiger partial charge in [0.25, 0.3) is 0 Å². The number of methoxy groups -OCH3 is 1. The molecule has 4 rings (SSSR count). The van der Waals surface area contributed by atoms with E-state index in [4.69, 9.17) is 4.74 Å². The lowest BCUT2D eigenvalue weighted by atomic mass is 9.69. The number of phenolic OH excluding ortho intramolecular Hbond substituents is 1. The van der Waals surface area contributed by atoms with E-state index in [1.54, 1.807) is 7.11 Å². The first-order valence-electron chi connectivity index (χ1n) is 9.31. The predicted octanol–water partition coefficient (Wildman–Crippen LogP) is 6.49. The minimum atomic E-state index is 0.386. The summed E-state index contributed by atoms with van der Waals surface area (Å²) in [4.78, 5) is 0. The van der Waals surface area contributed by atoms with Crippen LogP contribution in [0.2, 0.25) is 0 Å². The van der Waals surface area contributed by atoms with Crippen molar-refractivity contribution in [2.75, 3.05) is 7.11 Å². The van der Waals surface area contributed by atoms with Gasteiger partial charge in [-0.1, -0.05) is 18.9 Å². The number of benzene rings is 1. The topological polar surface area (TPSA) is 29.5 Å². The van der Waals surface area contributed by atoms with Gasteiger partial charge in [0, 0.05) is 11.1 Å². The first-order valence-corrected chi connectivity index (χ1v) is 10.9. The standard InChI is InChI=1S/C21H24Br2O2/c1-25-21-17(23)11-13-7-3-5-9-15(13)19(21)18-14-8-4-2-6-12(14)10-16(22)20(18)24/h10-11,13,15,24H,2-9H2,1H3. The summed E-state index contributed by atoms with van der Waals surface area (Å²) in [6.45, 7) is 0. The van der Waals surface area contributed by atoms with Crippen LogP contribution in [-0.4, -0.2) is 12.2 Å². The summed E-state index contributed by atoms with van der Waals surface area (Å²) in [6.07, 6.45) is 11.8. The lowest BCUT2D eigenvalue weighted by Gasteiger charge is -2.38. The Kier molecular flexibility index (Phi) is 5.02. The van der Waals surface area contributed by atoms with E-state index in [0.29, 0.717) is 17.6 Å². The molecule has 1 fully saturated rings. The Hall–Kier alpha value is -0.740. The lowest BCUT2D eigenvalue weighted by molar-refractivity contribution is 0.281. The van der Waals surface area contributed by atoms with Crippen molar-refractivity contribution >= 4 is 37.4 Å². The Labute approximate surface area is 166 Å². The SMILES string of the molecule is COC1=C(c2c(O)c(Br)cc3c2CCCC3)C2CCCCC2C=C1Br. The van der Waals surface area contributed by atoms with Crippen LogP contribution in [0.1, 0.15) is 55.2 Å².